The number of hydrogen-bond acceptors (Lipinski definition) is 3. The SMILES string of the molecule is CC(=O)c1c2c(n(C)c1C)C(=O)C=CC2=O. The average Bonchev–Trinajstić information content (AvgIpc) is 2.47. The summed E-state index contributed by atoms with van der Waals surface area (Å²) >= 11 is 0. The minimum atomic E-state index is -0.275. The number of allylic oxidation sites excluding steroid dienone is 2. The third kappa shape index (κ3) is 1.19. The van der Waals surface area contributed by atoms with Crippen molar-refractivity contribution >= 4 is 17.3 Å². The number of fused-ring (bicyclic) bond motifs is 1. The Kier molecular flexibility index (Phi) is 2.15. The number of aromatic nitrogens is 1. The molecular weight excluding hydrogens is 206 g/mol. The first-order chi connectivity index (χ1) is 7.45. The fraction of sp³-hybridized carbons (Fsp3) is 0.250. The number of nitrogens with zero attached hydrogens (tertiary/aromatic N) is 1. The second-order valence-corrected chi connectivity index (χ2v) is 3.86. The number of carbonyl (C=O) groups excluding carboxylic acids is 3. The van der Waals surface area contributed by atoms with Gasteiger partial charge in [-0.2, -0.15) is 0 Å². The first kappa shape index (κ1) is 10.5. The zero-order chi connectivity index (χ0) is 12.0. The lowest BCUT2D eigenvalue weighted by Crippen LogP contribution is -2.14. The van der Waals surface area contributed by atoms with E-state index in [0.717, 1.165) is 0 Å². The third-order valence-corrected chi connectivity index (χ3v) is 2.91. The van der Waals surface area contributed by atoms with Gasteiger partial charge >= 0.3 is 0 Å². The molecule has 0 spiro atoms. The molecule has 0 aliphatic heterocycles. The quantitative estimate of drug-likeness (QED) is 0.669. The molecule has 0 N–H and O–H groups in total. The highest BCUT2D eigenvalue weighted by Crippen LogP contribution is 2.26. The average molecular weight is 217 g/mol. The zero-order valence-corrected chi connectivity index (χ0v) is 9.33. The molecule has 82 valence electrons. The molecule has 1 aromatic heterocycles. The van der Waals surface area contributed by atoms with E-state index in [4.69, 9.17) is 0 Å². The Morgan fingerprint density at radius 3 is 2.31 bits per heavy atom. The van der Waals surface area contributed by atoms with Crippen LogP contribution >= 0.6 is 0 Å². The van der Waals surface area contributed by atoms with Crippen LogP contribution in [0.15, 0.2) is 12.2 Å². The second kappa shape index (κ2) is 3.27. The summed E-state index contributed by atoms with van der Waals surface area (Å²) in [6, 6.07) is 0. The number of ketones is 3. The van der Waals surface area contributed by atoms with Crippen molar-refractivity contribution in [1.82, 2.24) is 4.57 Å². The second-order valence-electron chi connectivity index (χ2n) is 3.86. The van der Waals surface area contributed by atoms with E-state index < -0.39 is 0 Å². The maximum atomic E-state index is 11.7. The van der Waals surface area contributed by atoms with Crippen LogP contribution in [-0.2, 0) is 7.05 Å². The van der Waals surface area contributed by atoms with E-state index in [0.29, 0.717) is 17.0 Å². The molecule has 0 bridgehead atoms. The molecule has 1 aliphatic rings. The summed E-state index contributed by atoms with van der Waals surface area (Å²) in [5.41, 5.74) is 1.58. The molecule has 0 aromatic carbocycles. The van der Waals surface area contributed by atoms with Crippen LogP contribution in [0.4, 0.5) is 0 Å². The van der Waals surface area contributed by atoms with Crippen molar-refractivity contribution < 1.29 is 14.4 Å². The minimum absolute atomic E-state index is 0.189. The standard InChI is InChI=1S/C12H11NO3/c1-6-10(7(2)14)11-8(15)4-5-9(16)12(11)13(6)3/h4-5H,1-3H3. The maximum Gasteiger partial charge on any atom is 0.203 e. The summed E-state index contributed by atoms with van der Waals surface area (Å²) in [5.74, 6) is -0.693. The molecule has 0 radical (unpaired) electrons. The van der Waals surface area contributed by atoms with Crippen molar-refractivity contribution in [2.24, 2.45) is 7.05 Å². The number of hydrogen-bond donors (Lipinski definition) is 0. The normalized spacial score (nSPS) is 14.2. The summed E-state index contributed by atoms with van der Waals surface area (Å²) in [6.07, 6.45) is 2.46. The van der Waals surface area contributed by atoms with Crippen LogP contribution in [-0.4, -0.2) is 21.9 Å². The smallest absolute Gasteiger partial charge is 0.203 e. The van der Waals surface area contributed by atoms with Crippen molar-refractivity contribution in [2.75, 3.05) is 0 Å². The summed E-state index contributed by atoms with van der Waals surface area (Å²) in [5, 5.41) is 0. The lowest BCUT2D eigenvalue weighted by Gasteiger charge is -2.06. The summed E-state index contributed by atoms with van der Waals surface area (Å²) in [4.78, 5) is 34.9. The molecule has 0 fully saturated rings. The highest BCUT2D eigenvalue weighted by Gasteiger charge is 2.30. The first-order valence-electron chi connectivity index (χ1n) is 4.92. The molecule has 0 unspecified atom stereocenters. The van der Waals surface area contributed by atoms with E-state index in [1.165, 1.54) is 19.1 Å². The molecule has 0 atom stereocenters. The Bertz CT molecular complexity index is 561. The highest BCUT2D eigenvalue weighted by atomic mass is 16.1. The Hall–Kier alpha value is -1.97. The van der Waals surface area contributed by atoms with Crippen LogP contribution < -0.4 is 0 Å². The van der Waals surface area contributed by atoms with Crippen LogP contribution in [0.25, 0.3) is 0 Å². The van der Waals surface area contributed by atoms with Crippen molar-refractivity contribution in [2.45, 2.75) is 13.8 Å². The van der Waals surface area contributed by atoms with E-state index >= 15 is 0 Å². The fourth-order valence-corrected chi connectivity index (χ4v) is 2.08. The third-order valence-electron chi connectivity index (χ3n) is 2.91. The van der Waals surface area contributed by atoms with Crippen LogP contribution in [0.1, 0.15) is 43.8 Å². The predicted molar refractivity (Wildman–Crippen MR) is 58.0 cm³/mol. The summed E-state index contributed by atoms with van der Waals surface area (Å²) in [7, 11) is 1.69. The lowest BCUT2D eigenvalue weighted by atomic mass is 9.96. The van der Waals surface area contributed by atoms with Gasteiger partial charge in [0, 0.05) is 18.3 Å². The highest BCUT2D eigenvalue weighted by molar-refractivity contribution is 6.25. The van der Waals surface area contributed by atoms with Gasteiger partial charge in [0.15, 0.2) is 11.6 Å². The molecule has 0 saturated heterocycles. The van der Waals surface area contributed by atoms with Crippen molar-refractivity contribution in [1.29, 1.82) is 0 Å². The molecule has 2 rings (SSSR count). The van der Waals surface area contributed by atoms with Gasteiger partial charge in [0.25, 0.3) is 0 Å². The largest absolute Gasteiger partial charge is 0.344 e. The van der Waals surface area contributed by atoms with E-state index in [1.807, 2.05) is 0 Å². The molecule has 4 nitrogen and oxygen atoms in total. The Morgan fingerprint density at radius 2 is 1.75 bits per heavy atom. The van der Waals surface area contributed by atoms with Crippen LogP contribution in [0.2, 0.25) is 0 Å². The van der Waals surface area contributed by atoms with E-state index in [9.17, 15) is 14.4 Å². The molecule has 1 heterocycles. The Morgan fingerprint density at radius 1 is 1.19 bits per heavy atom. The number of carbonyl (C=O) groups is 3. The van der Waals surface area contributed by atoms with Gasteiger partial charge in [-0.3, -0.25) is 14.4 Å². The topological polar surface area (TPSA) is 56.1 Å². The van der Waals surface area contributed by atoms with Gasteiger partial charge in [-0.05, 0) is 26.0 Å². The zero-order valence-electron chi connectivity index (χ0n) is 9.33. The summed E-state index contributed by atoms with van der Waals surface area (Å²) in [6.45, 7) is 3.13. The molecule has 0 saturated carbocycles. The molecular formula is C12H11NO3. The molecule has 4 heteroatoms. The molecule has 1 aliphatic carbocycles. The molecule has 16 heavy (non-hydrogen) atoms. The predicted octanol–water partition coefficient (Wildman–Crippen LogP) is 1.47. The van der Waals surface area contributed by atoms with Gasteiger partial charge < -0.3 is 4.57 Å². The minimum Gasteiger partial charge on any atom is -0.344 e. The van der Waals surface area contributed by atoms with Gasteiger partial charge in [0.1, 0.15) is 5.69 Å². The van der Waals surface area contributed by atoms with Gasteiger partial charge in [-0.1, -0.05) is 0 Å². The van der Waals surface area contributed by atoms with Crippen molar-refractivity contribution in [3.05, 3.63) is 34.7 Å². The van der Waals surface area contributed by atoms with Crippen LogP contribution in [0, 0.1) is 6.92 Å². The fourth-order valence-electron chi connectivity index (χ4n) is 2.08. The lowest BCUT2D eigenvalue weighted by molar-refractivity contribution is 0.0978. The maximum absolute atomic E-state index is 11.7. The van der Waals surface area contributed by atoms with Gasteiger partial charge in [0.2, 0.25) is 5.78 Å². The van der Waals surface area contributed by atoms with Crippen LogP contribution in [0.5, 0.6) is 0 Å². The van der Waals surface area contributed by atoms with E-state index in [-0.39, 0.29) is 22.9 Å². The van der Waals surface area contributed by atoms with Gasteiger partial charge in [-0.15, -0.1) is 0 Å². The number of rotatable bonds is 1. The van der Waals surface area contributed by atoms with Gasteiger partial charge in [0.05, 0.1) is 5.56 Å². The van der Waals surface area contributed by atoms with Crippen LogP contribution in [0.3, 0.4) is 0 Å². The Labute approximate surface area is 92.6 Å². The van der Waals surface area contributed by atoms with Crippen molar-refractivity contribution in [3.63, 3.8) is 0 Å². The monoisotopic (exact) mass is 217 g/mol. The van der Waals surface area contributed by atoms with E-state index in [1.54, 1.807) is 18.5 Å². The molecule has 1 aromatic rings. The molecule has 0 amide bonds. The summed E-state index contributed by atoms with van der Waals surface area (Å²) < 4.78 is 1.61. The number of Topliss-reactive ketones (excluding diaryl/α,β-unsaturated/α-hetero) is 1. The van der Waals surface area contributed by atoms with Crippen molar-refractivity contribution in [3.8, 4) is 0 Å². The van der Waals surface area contributed by atoms with E-state index in [2.05, 4.69) is 0 Å². The Balaban J connectivity index is 2.88. The van der Waals surface area contributed by atoms with Gasteiger partial charge in [-0.25, -0.2) is 0 Å². The first-order valence-corrected chi connectivity index (χ1v) is 4.92.